The predicted octanol–water partition coefficient (Wildman–Crippen LogP) is 2.47. The molecule has 2 aliphatic heterocycles. The first-order valence-corrected chi connectivity index (χ1v) is 11.3. The summed E-state index contributed by atoms with van der Waals surface area (Å²) in [6.07, 6.45) is 4.99. The van der Waals surface area contributed by atoms with Crippen LogP contribution in [0, 0.1) is 11.8 Å². The van der Waals surface area contributed by atoms with Crippen molar-refractivity contribution in [2.24, 2.45) is 11.8 Å². The van der Waals surface area contributed by atoms with Gasteiger partial charge in [-0.25, -0.2) is 4.90 Å². The van der Waals surface area contributed by atoms with Crippen molar-refractivity contribution < 1.29 is 14.5 Å². The average Bonchev–Trinajstić information content (AvgIpc) is 3.39. The lowest BCUT2D eigenvalue weighted by atomic mass is 9.81. The molecule has 26 heavy (non-hydrogen) atoms. The molecule has 0 radical (unpaired) electrons. The van der Waals surface area contributed by atoms with E-state index in [4.69, 9.17) is 0 Å². The van der Waals surface area contributed by atoms with E-state index >= 15 is 0 Å². The Morgan fingerprint density at radius 2 is 1.81 bits per heavy atom. The maximum Gasteiger partial charge on any atom is 0.237 e. The van der Waals surface area contributed by atoms with Gasteiger partial charge in [-0.15, -0.1) is 22.7 Å². The van der Waals surface area contributed by atoms with Crippen LogP contribution in [0.4, 0.5) is 0 Å². The molecule has 1 N–H and O–H groups in total. The maximum absolute atomic E-state index is 12.9. The summed E-state index contributed by atoms with van der Waals surface area (Å²) in [4.78, 5) is 31.5. The standard InChI is InChI=1S/C20H22N2O2S2/c23-19-13-4-1-2-5-14(13)20(24)22(19)12-21-9-7-16-15(8-11-26-16)18(21)17-6-3-10-25-17/h3,6,8,10-11,13-14,18H,1-2,4-5,7,9,12H2/p+1/t13-,14+,18-/m0/s1. The number of fused-ring (bicyclic) bond motifs is 2. The highest BCUT2D eigenvalue weighted by Gasteiger charge is 2.50. The number of quaternary nitrogens is 1. The molecular formula is C20H23N2O2S2+. The van der Waals surface area contributed by atoms with Gasteiger partial charge in [0, 0.05) is 16.9 Å². The van der Waals surface area contributed by atoms with Crippen LogP contribution < -0.4 is 4.90 Å². The molecule has 2 fully saturated rings. The number of hydrogen-bond donors (Lipinski definition) is 1. The number of hydrogen-bond acceptors (Lipinski definition) is 4. The average molecular weight is 388 g/mol. The van der Waals surface area contributed by atoms with Crippen LogP contribution in [0.2, 0.25) is 0 Å². The van der Waals surface area contributed by atoms with Gasteiger partial charge in [0.05, 0.1) is 23.3 Å². The van der Waals surface area contributed by atoms with E-state index in [9.17, 15) is 9.59 Å². The Balaban J connectivity index is 1.44. The van der Waals surface area contributed by atoms with Crippen LogP contribution in [0.25, 0.3) is 0 Å². The topological polar surface area (TPSA) is 41.8 Å². The van der Waals surface area contributed by atoms with Gasteiger partial charge in [-0.2, -0.15) is 0 Å². The van der Waals surface area contributed by atoms with Gasteiger partial charge >= 0.3 is 0 Å². The van der Waals surface area contributed by atoms with E-state index in [1.54, 1.807) is 16.2 Å². The van der Waals surface area contributed by atoms with Gasteiger partial charge in [0.25, 0.3) is 0 Å². The highest BCUT2D eigenvalue weighted by Crippen LogP contribution is 2.38. The van der Waals surface area contributed by atoms with Crippen molar-refractivity contribution in [1.82, 2.24) is 4.90 Å². The second kappa shape index (κ2) is 6.59. The summed E-state index contributed by atoms with van der Waals surface area (Å²) in [6, 6.07) is 6.76. The van der Waals surface area contributed by atoms with Gasteiger partial charge < -0.3 is 4.90 Å². The highest BCUT2D eigenvalue weighted by molar-refractivity contribution is 7.10. The number of nitrogens with zero attached hydrogens (tertiary/aromatic N) is 1. The van der Waals surface area contributed by atoms with Crippen LogP contribution in [-0.2, 0) is 16.0 Å². The van der Waals surface area contributed by atoms with Gasteiger partial charge in [-0.3, -0.25) is 9.59 Å². The van der Waals surface area contributed by atoms with Crippen molar-refractivity contribution in [3.8, 4) is 0 Å². The Labute approximate surface area is 161 Å². The van der Waals surface area contributed by atoms with Crippen LogP contribution in [-0.4, -0.2) is 29.9 Å². The molecular weight excluding hydrogens is 364 g/mol. The molecule has 0 aromatic carbocycles. The van der Waals surface area contributed by atoms with Gasteiger partial charge in [0.1, 0.15) is 0 Å². The van der Waals surface area contributed by atoms with Crippen LogP contribution in [0.1, 0.15) is 47.0 Å². The summed E-state index contributed by atoms with van der Waals surface area (Å²) in [5.74, 6) is 0.0937. The molecule has 1 unspecified atom stereocenters. The zero-order valence-corrected chi connectivity index (χ0v) is 16.3. The lowest BCUT2D eigenvalue weighted by Gasteiger charge is -2.34. The van der Waals surface area contributed by atoms with E-state index in [-0.39, 0.29) is 29.7 Å². The molecule has 2 aromatic rings. The minimum absolute atomic E-state index is 0.0441. The van der Waals surface area contributed by atoms with Crippen molar-refractivity contribution in [3.05, 3.63) is 44.3 Å². The number of amides is 2. The molecule has 4 atom stereocenters. The van der Waals surface area contributed by atoms with Crippen molar-refractivity contribution in [3.63, 3.8) is 0 Å². The zero-order chi connectivity index (χ0) is 17.7. The molecule has 6 heteroatoms. The van der Waals surface area contributed by atoms with Crippen LogP contribution in [0.15, 0.2) is 29.0 Å². The van der Waals surface area contributed by atoms with Crippen molar-refractivity contribution in [1.29, 1.82) is 0 Å². The minimum Gasteiger partial charge on any atom is -0.306 e. The van der Waals surface area contributed by atoms with Gasteiger partial charge in [0.15, 0.2) is 12.7 Å². The molecule has 4 nitrogen and oxygen atoms in total. The minimum atomic E-state index is -0.0441. The Hall–Kier alpha value is -1.50. The third-order valence-electron chi connectivity index (χ3n) is 6.29. The Morgan fingerprint density at radius 1 is 1.04 bits per heavy atom. The van der Waals surface area contributed by atoms with Crippen LogP contribution in [0.5, 0.6) is 0 Å². The first kappa shape index (κ1) is 16.7. The molecule has 3 aliphatic rings. The molecule has 2 amide bonds. The summed E-state index contributed by atoms with van der Waals surface area (Å²) in [7, 11) is 0. The lowest BCUT2D eigenvalue weighted by Crippen LogP contribution is -3.15. The number of nitrogens with one attached hydrogen (secondary N) is 1. The van der Waals surface area contributed by atoms with Gasteiger partial charge in [0.2, 0.25) is 11.8 Å². The van der Waals surface area contributed by atoms with Crippen molar-refractivity contribution in [2.75, 3.05) is 13.2 Å². The van der Waals surface area contributed by atoms with E-state index in [0.717, 1.165) is 38.6 Å². The fourth-order valence-corrected chi connectivity index (χ4v) is 6.84. The fraction of sp³-hybridized carbons (Fsp3) is 0.500. The molecule has 136 valence electrons. The third-order valence-corrected chi connectivity index (χ3v) is 8.23. The van der Waals surface area contributed by atoms with Crippen molar-refractivity contribution in [2.45, 2.75) is 38.1 Å². The molecule has 0 bridgehead atoms. The summed E-state index contributed by atoms with van der Waals surface area (Å²) >= 11 is 3.61. The molecule has 2 aromatic heterocycles. The number of thiophene rings is 2. The first-order chi connectivity index (χ1) is 12.7. The first-order valence-electron chi connectivity index (χ1n) is 9.53. The van der Waals surface area contributed by atoms with E-state index in [1.165, 1.54) is 20.2 Å². The highest BCUT2D eigenvalue weighted by atomic mass is 32.1. The number of likely N-dealkylation sites (tertiary alicyclic amines) is 1. The molecule has 1 saturated heterocycles. The molecule has 0 spiro atoms. The lowest BCUT2D eigenvalue weighted by molar-refractivity contribution is -0.934. The predicted molar refractivity (Wildman–Crippen MR) is 102 cm³/mol. The number of imide groups is 1. The number of rotatable bonds is 3. The summed E-state index contributed by atoms with van der Waals surface area (Å²) in [6.45, 7) is 1.49. The van der Waals surface area contributed by atoms with Crippen molar-refractivity contribution >= 4 is 34.5 Å². The SMILES string of the molecule is O=C1[C@H]2CCCC[C@H]2C(=O)N1C[NH+]1CCc2sccc2[C@H]1c1cccs1. The normalized spacial score (nSPS) is 31.2. The van der Waals surface area contributed by atoms with Gasteiger partial charge in [-0.05, 0) is 35.7 Å². The fourth-order valence-electron chi connectivity index (χ4n) is 5.02. The van der Waals surface area contributed by atoms with Crippen LogP contribution >= 0.6 is 22.7 Å². The summed E-state index contributed by atoms with van der Waals surface area (Å²) in [5.41, 5.74) is 1.38. The van der Waals surface area contributed by atoms with Gasteiger partial charge in [-0.1, -0.05) is 18.9 Å². The largest absolute Gasteiger partial charge is 0.306 e. The van der Waals surface area contributed by atoms with Crippen LogP contribution in [0.3, 0.4) is 0 Å². The van der Waals surface area contributed by atoms with E-state index in [1.807, 2.05) is 11.3 Å². The summed E-state index contributed by atoms with van der Waals surface area (Å²) < 4.78 is 0. The molecule has 1 aliphatic carbocycles. The number of carbonyl (C=O) groups is 2. The smallest absolute Gasteiger partial charge is 0.237 e. The Bertz CT molecular complexity index is 805. The molecule has 4 heterocycles. The van der Waals surface area contributed by atoms with E-state index in [0.29, 0.717) is 6.67 Å². The second-order valence-corrected chi connectivity index (χ2v) is 9.65. The summed E-state index contributed by atoms with van der Waals surface area (Å²) in [5, 5.41) is 4.29. The van der Waals surface area contributed by atoms with E-state index in [2.05, 4.69) is 29.0 Å². The maximum atomic E-state index is 12.9. The quantitative estimate of drug-likeness (QED) is 0.822. The Morgan fingerprint density at radius 3 is 2.50 bits per heavy atom. The monoisotopic (exact) mass is 387 g/mol. The second-order valence-electron chi connectivity index (χ2n) is 7.67. The Kier molecular flexibility index (Phi) is 4.22. The van der Waals surface area contributed by atoms with E-state index < -0.39 is 0 Å². The number of carbonyl (C=O) groups excluding carboxylic acids is 2. The molecule has 5 rings (SSSR count). The third kappa shape index (κ3) is 2.58. The zero-order valence-electron chi connectivity index (χ0n) is 14.6. The molecule has 1 saturated carbocycles.